The van der Waals surface area contributed by atoms with Gasteiger partial charge in [-0.3, -0.25) is 44.4 Å². The number of carbonyl (C=O) groups excluding carboxylic acids is 1. The third kappa shape index (κ3) is 7.04. The highest BCUT2D eigenvalue weighted by Gasteiger charge is 2.21. The molecule has 0 radical (unpaired) electrons. The highest BCUT2D eigenvalue weighted by molar-refractivity contribution is 5.99. The minimum absolute atomic E-state index is 0.0305. The third-order valence-corrected chi connectivity index (χ3v) is 7.08. The topological polar surface area (TPSA) is 214 Å². The van der Waals surface area contributed by atoms with E-state index in [1.54, 1.807) is 41.9 Å². The molecule has 0 atom stereocenters. The lowest BCUT2D eigenvalue weighted by Gasteiger charge is -2.01. The van der Waals surface area contributed by atoms with Crippen molar-refractivity contribution in [2.45, 2.75) is 13.8 Å². The average molecular weight is 641 g/mol. The summed E-state index contributed by atoms with van der Waals surface area (Å²) in [4.78, 5) is 40.7. The van der Waals surface area contributed by atoms with Gasteiger partial charge in [0, 0.05) is 71.9 Å². The monoisotopic (exact) mass is 640 g/mol. The molecule has 6 rings (SSSR count). The Labute approximate surface area is 266 Å². The predicted molar refractivity (Wildman–Crippen MR) is 172 cm³/mol. The summed E-state index contributed by atoms with van der Waals surface area (Å²) in [6, 6.07) is 13.7. The van der Waals surface area contributed by atoms with Gasteiger partial charge in [-0.1, -0.05) is 17.7 Å². The fourth-order valence-corrected chi connectivity index (χ4v) is 5.00. The molecule has 6 aromatic rings. The Morgan fingerprint density at radius 2 is 1.17 bits per heavy atom. The molecule has 0 amide bonds. The summed E-state index contributed by atoms with van der Waals surface area (Å²) in [7, 11) is 3.49. The molecule has 0 saturated carbocycles. The van der Waals surface area contributed by atoms with Crippen LogP contribution in [0.25, 0.3) is 50.4 Å². The number of hydrogen-bond acceptors (Lipinski definition) is 12. The molecule has 2 aromatic carbocycles. The van der Waals surface area contributed by atoms with Crippen LogP contribution in [0.3, 0.4) is 0 Å². The van der Waals surface area contributed by atoms with Crippen LogP contribution in [0.2, 0.25) is 0 Å². The summed E-state index contributed by atoms with van der Waals surface area (Å²) in [5, 5.41) is 48.2. The molecule has 0 aliphatic heterocycles. The highest BCUT2D eigenvalue weighted by atomic mass is 17.4. The molecule has 16 heteroatoms. The lowest BCUT2D eigenvalue weighted by Crippen LogP contribution is -1.96. The van der Waals surface area contributed by atoms with Gasteiger partial charge in [0.15, 0.2) is 6.29 Å². The molecule has 0 spiro atoms. The first-order valence-corrected chi connectivity index (χ1v) is 13.6. The summed E-state index contributed by atoms with van der Waals surface area (Å²) >= 11 is 0. The number of nitrogens with zero attached hydrogens (tertiary/aromatic N) is 8. The molecule has 0 saturated heterocycles. The van der Waals surface area contributed by atoms with Gasteiger partial charge in [-0.15, -0.1) is 0 Å². The van der Waals surface area contributed by atoms with Crippen molar-refractivity contribution in [3.8, 4) is 22.5 Å². The van der Waals surface area contributed by atoms with Gasteiger partial charge in [-0.25, -0.2) is 10.5 Å². The zero-order valence-electron chi connectivity index (χ0n) is 25.6. The zero-order chi connectivity index (χ0) is 34.4. The number of hydrogen-bond donors (Lipinski definition) is 2. The van der Waals surface area contributed by atoms with Crippen molar-refractivity contribution in [1.82, 2.24) is 29.5 Å². The summed E-state index contributed by atoms with van der Waals surface area (Å²) in [6.45, 7) is 7.45. The number of fused-ring (bicyclic) bond motifs is 2. The Bertz CT molecular complexity index is 2000. The zero-order valence-corrected chi connectivity index (χ0v) is 25.6. The van der Waals surface area contributed by atoms with Crippen LogP contribution in [0.1, 0.15) is 27.3 Å². The normalized spacial score (nSPS) is 10.5. The van der Waals surface area contributed by atoms with Crippen molar-refractivity contribution in [2.24, 2.45) is 14.1 Å². The minimum Gasteiger partial charge on any atom is -0.298 e. The van der Waals surface area contributed by atoms with Crippen LogP contribution in [0.5, 0.6) is 0 Å². The van der Waals surface area contributed by atoms with Gasteiger partial charge in [0.2, 0.25) is 0 Å². The minimum atomic E-state index is -0.563. The molecule has 240 valence electrons. The van der Waals surface area contributed by atoms with Crippen molar-refractivity contribution in [3.05, 3.63) is 110 Å². The SMILES string of the molecule is C=Cc1cc2c(-c3ccnc(C)c3)nn(C)c2cc1[N+](=O)[O-].Cc1cc(-c2nn(C)c3cc([N+](=O)[O-])c(C=O)cc23)ccn1.OOO. The van der Waals surface area contributed by atoms with E-state index in [2.05, 4.69) is 31.8 Å². The molecule has 16 nitrogen and oxygen atoms in total. The van der Waals surface area contributed by atoms with Gasteiger partial charge >= 0.3 is 0 Å². The standard InChI is InChI=1S/C16H14N4O2.C15H12N4O3.H2O3/c1-4-11-8-13-15(9-14(11)20(21)22)19(3)18-16(13)12-5-6-17-10(2)7-12;1-9-5-10(3-4-16-9)15-12-6-11(8-20)13(19(21)22)7-14(12)18(2)17-15;1-3-2/h4-9H,1H2,2-3H3;3-8H,1-2H3;1-2H. The molecule has 4 heterocycles. The number of aryl methyl sites for hydroxylation is 4. The molecular weight excluding hydrogens is 612 g/mol. The number of rotatable bonds is 6. The lowest BCUT2D eigenvalue weighted by molar-refractivity contribution is -0.465. The Balaban J connectivity index is 0.000000197. The van der Waals surface area contributed by atoms with E-state index in [4.69, 9.17) is 10.5 Å². The Hall–Kier alpha value is -6.23. The fraction of sp³-hybridized carbons (Fsp3) is 0.129. The number of aromatic nitrogens is 6. The second kappa shape index (κ2) is 14.2. The molecule has 0 fully saturated rings. The molecule has 0 aliphatic carbocycles. The molecule has 0 aliphatic rings. The van der Waals surface area contributed by atoms with Crippen LogP contribution < -0.4 is 0 Å². The number of nitro groups is 2. The number of benzene rings is 2. The smallest absolute Gasteiger partial charge is 0.282 e. The summed E-state index contributed by atoms with van der Waals surface area (Å²) in [6.07, 6.45) is 5.39. The first kappa shape index (κ1) is 33.7. The van der Waals surface area contributed by atoms with Crippen molar-refractivity contribution < 1.29 is 30.2 Å². The van der Waals surface area contributed by atoms with E-state index in [9.17, 15) is 25.0 Å². The average Bonchev–Trinajstić information content (AvgIpc) is 3.55. The van der Waals surface area contributed by atoms with E-state index in [1.165, 1.54) is 24.3 Å². The summed E-state index contributed by atoms with van der Waals surface area (Å²) in [5.41, 5.74) is 6.60. The first-order chi connectivity index (χ1) is 22.4. The van der Waals surface area contributed by atoms with Gasteiger partial charge in [0.25, 0.3) is 11.4 Å². The molecule has 47 heavy (non-hydrogen) atoms. The largest absolute Gasteiger partial charge is 0.298 e. The lowest BCUT2D eigenvalue weighted by atomic mass is 10.0. The Kier molecular flexibility index (Phi) is 10.2. The van der Waals surface area contributed by atoms with Crippen LogP contribution >= 0.6 is 0 Å². The van der Waals surface area contributed by atoms with E-state index in [0.717, 1.165) is 33.6 Å². The fourth-order valence-electron chi connectivity index (χ4n) is 5.00. The first-order valence-electron chi connectivity index (χ1n) is 13.6. The van der Waals surface area contributed by atoms with Crippen LogP contribution in [0.4, 0.5) is 11.4 Å². The van der Waals surface area contributed by atoms with E-state index < -0.39 is 9.85 Å². The van der Waals surface area contributed by atoms with Crippen LogP contribution in [-0.2, 0) is 19.1 Å². The molecular formula is C31H28N8O8. The molecule has 0 bridgehead atoms. The number of pyridine rings is 2. The summed E-state index contributed by atoms with van der Waals surface area (Å²) < 4.78 is 3.22. The Morgan fingerprint density at radius 3 is 1.53 bits per heavy atom. The Morgan fingerprint density at radius 1 is 0.766 bits per heavy atom. The highest BCUT2D eigenvalue weighted by Crippen LogP contribution is 2.34. The van der Waals surface area contributed by atoms with Crippen molar-refractivity contribution in [1.29, 1.82) is 0 Å². The van der Waals surface area contributed by atoms with E-state index in [-0.39, 0.29) is 16.9 Å². The van der Waals surface area contributed by atoms with Crippen LogP contribution in [0, 0.1) is 34.1 Å². The maximum Gasteiger partial charge on any atom is 0.282 e. The van der Waals surface area contributed by atoms with E-state index >= 15 is 0 Å². The van der Waals surface area contributed by atoms with Gasteiger partial charge in [-0.05, 0) is 50.2 Å². The quantitative estimate of drug-likeness (QED) is 0.0913. The van der Waals surface area contributed by atoms with Gasteiger partial charge in [0.05, 0.1) is 32.0 Å². The van der Waals surface area contributed by atoms with Crippen molar-refractivity contribution in [2.75, 3.05) is 0 Å². The third-order valence-electron chi connectivity index (χ3n) is 7.08. The van der Waals surface area contributed by atoms with Gasteiger partial charge in [-0.2, -0.15) is 10.2 Å². The van der Waals surface area contributed by atoms with E-state index in [1.807, 2.05) is 38.1 Å². The molecule has 0 unspecified atom stereocenters. The summed E-state index contributed by atoms with van der Waals surface area (Å²) in [5.74, 6) is 0. The van der Waals surface area contributed by atoms with Crippen molar-refractivity contribution in [3.63, 3.8) is 0 Å². The maximum atomic E-state index is 11.2. The second-order valence-corrected chi connectivity index (χ2v) is 10.1. The van der Waals surface area contributed by atoms with Gasteiger partial charge in [0.1, 0.15) is 11.4 Å². The van der Waals surface area contributed by atoms with Crippen molar-refractivity contribution >= 4 is 45.5 Å². The van der Waals surface area contributed by atoms with Crippen LogP contribution in [-0.4, -0.2) is 56.2 Å². The maximum absolute atomic E-state index is 11.2. The second-order valence-electron chi connectivity index (χ2n) is 10.1. The van der Waals surface area contributed by atoms with Gasteiger partial charge < -0.3 is 0 Å². The number of nitro benzene ring substituents is 2. The number of carbonyl (C=O) groups is 1. The van der Waals surface area contributed by atoms with E-state index in [0.29, 0.717) is 34.0 Å². The predicted octanol–water partition coefficient (Wildman–Crippen LogP) is 6.11. The number of aldehydes is 1. The van der Waals surface area contributed by atoms with Crippen LogP contribution in [0.15, 0.2) is 67.5 Å². The molecule has 2 N–H and O–H groups in total. The molecule has 4 aromatic heterocycles.